The van der Waals surface area contributed by atoms with Gasteiger partial charge in [0.05, 0.1) is 16.7 Å². The molecule has 3 aromatic heterocycles. The summed E-state index contributed by atoms with van der Waals surface area (Å²) in [5.41, 5.74) is 4.42. The van der Waals surface area contributed by atoms with E-state index in [1.54, 1.807) is 41.9 Å². The fourth-order valence-corrected chi connectivity index (χ4v) is 7.93. The molecule has 39 heavy (non-hydrogen) atoms. The zero-order valence-electron chi connectivity index (χ0n) is 20.7. The van der Waals surface area contributed by atoms with Crippen LogP contribution in [0, 0.1) is 0 Å². The van der Waals surface area contributed by atoms with Crippen LogP contribution in [0.15, 0.2) is 71.3 Å². The molecular weight excluding hydrogens is 568 g/mol. The van der Waals surface area contributed by atoms with Crippen molar-refractivity contribution < 1.29 is 9.59 Å². The van der Waals surface area contributed by atoms with Crippen molar-refractivity contribution in [1.82, 2.24) is 9.97 Å². The van der Waals surface area contributed by atoms with Crippen molar-refractivity contribution in [3.8, 4) is 11.1 Å². The van der Waals surface area contributed by atoms with E-state index in [0.29, 0.717) is 21.3 Å². The average molecular weight is 591 g/mol. The van der Waals surface area contributed by atoms with Gasteiger partial charge in [0.25, 0.3) is 5.91 Å². The maximum atomic E-state index is 13.4. The molecule has 0 saturated heterocycles. The Morgan fingerprint density at radius 2 is 1.77 bits per heavy atom. The maximum absolute atomic E-state index is 13.4. The summed E-state index contributed by atoms with van der Waals surface area (Å²) in [5, 5.41) is 11.0. The van der Waals surface area contributed by atoms with Crippen molar-refractivity contribution in [2.45, 2.75) is 30.7 Å². The highest BCUT2D eigenvalue weighted by Gasteiger charge is 2.27. The van der Waals surface area contributed by atoms with Crippen LogP contribution in [0.1, 0.15) is 33.6 Å². The average Bonchev–Trinajstić information content (AvgIpc) is 3.55. The molecule has 196 valence electrons. The molecule has 3 heterocycles. The number of aryl methyl sites for hydroxylation is 1. The van der Waals surface area contributed by atoms with Crippen LogP contribution >= 0.6 is 46.0 Å². The number of thiophene rings is 2. The Labute approximate surface area is 242 Å². The van der Waals surface area contributed by atoms with Crippen molar-refractivity contribution >= 4 is 78.8 Å². The van der Waals surface area contributed by atoms with Gasteiger partial charge in [-0.2, -0.15) is 0 Å². The minimum absolute atomic E-state index is 0.164. The number of nitrogens with one attached hydrogen (secondary N) is 2. The highest BCUT2D eigenvalue weighted by atomic mass is 35.5. The van der Waals surface area contributed by atoms with Gasteiger partial charge in [0.2, 0.25) is 5.91 Å². The van der Waals surface area contributed by atoms with Crippen LogP contribution in [0.3, 0.4) is 0 Å². The van der Waals surface area contributed by atoms with Crippen molar-refractivity contribution in [3.05, 3.63) is 87.3 Å². The summed E-state index contributed by atoms with van der Waals surface area (Å²) in [6.07, 6.45) is 5.41. The van der Waals surface area contributed by atoms with Gasteiger partial charge in [0, 0.05) is 26.5 Å². The van der Waals surface area contributed by atoms with Crippen LogP contribution in [-0.4, -0.2) is 27.5 Å². The van der Waals surface area contributed by atoms with Gasteiger partial charge in [0.1, 0.15) is 21.2 Å². The van der Waals surface area contributed by atoms with Gasteiger partial charge >= 0.3 is 0 Å². The summed E-state index contributed by atoms with van der Waals surface area (Å²) in [4.78, 5) is 37.6. The van der Waals surface area contributed by atoms with E-state index in [-0.39, 0.29) is 17.6 Å². The fraction of sp³-hybridized carbons (Fsp3) is 0.172. The lowest BCUT2D eigenvalue weighted by Crippen LogP contribution is -2.19. The van der Waals surface area contributed by atoms with E-state index in [2.05, 4.69) is 38.1 Å². The molecule has 1 aliphatic carbocycles. The zero-order chi connectivity index (χ0) is 26.8. The molecular formula is C29H23ClN4O2S3. The number of benzene rings is 2. The van der Waals surface area contributed by atoms with E-state index in [0.717, 1.165) is 57.6 Å². The number of halogens is 1. The number of hydrogen-bond donors (Lipinski definition) is 2. The number of carbonyl (C=O) groups is 2. The molecule has 1 aliphatic rings. The van der Waals surface area contributed by atoms with Crippen molar-refractivity contribution in [1.29, 1.82) is 0 Å². The maximum Gasteiger partial charge on any atom is 0.258 e. The molecule has 2 amide bonds. The van der Waals surface area contributed by atoms with Crippen molar-refractivity contribution in [2.75, 3.05) is 16.4 Å². The molecule has 10 heteroatoms. The second-order valence-electron chi connectivity index (χ2n) is 9.09. The lowest BCUT2D eigenvalue weighted by atomic mass is 9.95. The first-order chi connectivity index (χ1) is 19.1. The van der Waals surface area contributed by atoms with E-state index in [1.807, 2.05) is 18.2 Å². The van der Waals surface area contributed by atoms with Gasteiger partial charge in [0.15, 0.2) is 0 Å². The summed E-state index contributed by atoms with van der Waals surface area (Å²) in [7, 11) is 0. The Kier molecular flexibility index (Phi) is 7.65. The standard InChI is InChI=1S/C29H23ClN4O2S3/c30-18-10-12-19(13-11-18)33-26(36)24-20-8-4-5-9-22(20)39-29(24)34-23(35)15-38-28-25-21(17-6-2-1-3-7-17)14-37-27(25)31-16-32-28/h1-3,6-7,10-14,16H,4-5,8-9,15H2,(H,33,36)(H,34,35). The molecule has 6 nitrogen and oxygen atoms in total. The summed E-state index contributed by atoms with van der Waals surface area (Å²) in [5.74, 6) is -0.234. The number of fused-ring (bicyclic) bond motifs is 2. The van der Waals surface area contributed by atoms with Gasteiger partial charge in [-0.05, 0) is 61.1 Å². The quantitative estimate of drug-likeness (QED) is 0.148. The van der Waals surface area contributed by atoms with E-state index >= 15 is 0 Å². The zero-order valence-corrected chi connectivity index (χ0v) is 23.9. The highest BCUT2D eigenvalue weighted by molar-refractivity contribution is 8.00. The van der Waals surface area contributed by atoms with Gasteiger partial charge in [-0.25, -0.2) is 9.97 Å². The van der Waals surface area contributed by atoms with Crippen LogP contribution in [0.25, 0.3) is 21.3 Å². The predicted molar refractivity (Wildman–Crippen MR) is 163 cm³/mol. The SMILES string of the molecule is O=C(CSc1ncnc2scc(-c3ccccc3)c12)Nc1sc2c(c1C(=O)Nc1ccc(Cl)cc1)CCCC2. The van der Waals surface area contributed by atoms with E-state index in [1.165, 1.54) is 28.0 Å². The summed E-state index contributed by atoms with van der Waals surface area (Å²) < 4.78 is 0. The van der Waals surface area contributed by atoms with Crippen LogP contribution < -0.4 is 10.6 Å². The van der Waals surface area contributed by atoms with Gasteiger partial charge in [-0.1, -0.05) is 53.7 Å². The molecule has 0 fully saturated rings. The van der Waals surface area contributed by atoms with E-state index in [9.17, 15) is 9.59 Å². The first kappa shape index (κ1) is 26.0. The highest BCUT2D eigenvalue weighted by Crippen LogP contribution is 2.40. The number of hydrogen-bond acceptors (Lipinski definition) is 7. The van der Waals surface area contributed by atoms with Gasteiger partial charge in [-0.15, -0.1) is 22.7 Å². The van der Waals surface area contributed by atoms with Crippen LogP contribution in [-0.2, 0) is 17.6 Å². The Hall–Kier alpha value is -3.24. The second kappa shape index (κ2) is 11.5. The summed E-state index contributed by atoms with van der Waals surface area (Å²) in [6.45, 7) is 0. The smallest absolute Gasteiger partial charge is 0.258 e. The summed E-state index contributed by atoms with van der Waals surface area (Å²) >= 11 is 10.5. The van der Waals surface area contributed by atoms with Crippen molar-refractivity contribution in [2.24, 2.45) is 0 Å². The number of amides is 2. The molecule has 0 unspecified atom stereocenters. The number of aromatic nitrogens is 2. The number of carbonyl (C=O) groups excluding carboxylic acids is 2. The third kappa shape index (κ3) is 5.58. The lowest BCUT2D eigenvalue weighted by Gasteiger charge is -2.13. The minimum atomic E-state index is -0.219. The molecule has 5 aromatic rings. The molecule has 2 N–H and O–H groups in total. The molecule has 2 aromatic carbocycles. The number of nitrogens with zero attached hydrogens (tertiary/aromatic N) is 2. The van der Waals surface area contributed by atoms with E-state index in [4.69, 9.17) is 11.6 Å². The van der Waals surface area contributed by atoms with Gasteiger partial charge in [-0.3, -0.25) is 9.59 Å². The first-order valence-electron chi connectivity index (χ1n) is 12.5. The topological polar surface area (TPSA) is 84.0 Å². The Morgan fingerprint density at radius 1 is 0.974 bits per heavy atom. The number of thioether (sulfide) groups is 1. The molecule has 0 radical (unpaired) electrons. The van der Waals surface area contributed by atoms with E-state index < -0.39 is 0 Å². The minimum Gasteiger partial charge on any atom is -0.322 e. The number of rotatable bonds is 7. The lowest BCUT2D eigenvalue weighted by molar-refractivity contribution is -0.113. The second-order valence-corrected chi connectivity index (χ2v) is 12.5. The monoisotopic (exact) mass is 590 g/mol. The first-order valence-corrected chi connectivity index (χ1v) is 15.5. The third-order valence-electron chi connectivity index (χ3n) is 6.51. The summed E-state index contributed by atoms with van der Waals surface area (Å²) in [6, 6.07) is 17.1. The molecule has 6 rings (SSSR count). The molecule has 0 spiro atoms. The fourth-order valence-electron chi connectivity index (χ4n) is 4.70. The number of anilines is 2. The molecule has 0 aliphatic heterocycles. The Balaban J connectivity index is 1.22. The van der Waals surface area contributed by atoms with Gasteiger partial charge < -0.3 is 10.6 Å². The normalized spacial score (nSPS) is 12.7. The van der Waals surface area contributed by atoms with Crippen LogP contribution in [0.2, 0.25) is 5.02 Å². The molecule has 0 bridgehead atoms. The largest absolute Gasteiger partial charge is 0.322 e. The predicted octanol–water partition coefficient (Wildman–Crippen LogP) is 7.94. The Morgan fingerprint density at radius 3 is 2.59 bits per heavy atom. The van der Waals surface area contributed by atoms with Crippen LogP contribution in [0.5, 0.6) is 0 Å². The Bertz CT molecular complexity index is 1670. The molecule has 0 saturated carbocycles. The third-order valence-corrected chi connectivity index (χ3v) is 9.85. The van der Waals surface area contributed by atoms with Crippen LogP contribution in [0.4, 0.5) is 10.7 Å². The molecule has 0 atom stereocenters. The van der Waals surface area contributed by atoms with Crippen molar-refractivity contribution in [3.63, 3.8) is 0 Å².